The van der Waals surface area contributed by atoms with E-state index in [4.69, 9.17) is 17.0 Å². The van der Waals surface area contributed by atoms with Crippen molar-refractivity contribution in [1.82, 2.24) is 5.32 Å². The quantitative estimate of drug-likeness (QED) is 0.566. The molecule has 1 aliphatic carbocycles. The van der Waals surface area contributed by atoms with Crippen molar-refractivity contribution in [3.63, 3.8) is 0 Å². The molecule has 29 heavy (non-hydrogen) atoms. The Morgan fingerprint density at radius 3 is 2.62 bits per heavy atom. The number of rotatable bonds is 8. The first-order chi connectivity index (χ1) is 14.2. The largest absolute Gasteiger partial charge is 0.493 e. The summed E-state index contributed by atoms with van der Waals surface area (Å²) >= 11 is 5.29. The molecule has 0 atom stereocenters. The maximum Gasteiger partial charge on any atom is 0.226 e. The summed E-state index contributed by atoms with van der Waals surface area (Å²) in [5.74, 6) is 1.46. The van der Waals surface area contributed by atoms with E-state index in [0.29, 0.717) is 24.1 Å². The maximum atomic E-state index is 12.2. The van der Waals surface area contributed by atoms with Gasteiger partial charge in [0.15, 0.2) is 5.11 Å². The lowest BCUT2D eigenvalue weighted by molar-refractivity contribution is -0.120. The minimum atomic E-state index is -0.0108. The Morgan fingerprint density at radius 2 is 1.83 bits per heavy atom. The summed E-state index contributed by atoms with van der Waals surface area (Å²) in [5.41, 5.74) is 2.05. The number of thiocarbonyl (C=S) groups is 1. The fourth-order valence-electron chi connectivity index (χ4n) is 3.76. The van der Waals surface area contributed by atoms with Gasteiger partial charge in [-0.1, -0.05) is 68.5 Å². The zero-order valence-electron chi connectivity index (χ0n) is 16.9. The number of amides is 1. The maximum absolute atomic E-state index is 12.2. The van der Waals surface area contributed by atoms with E-state index in [2.05, 4.69) is 22.8 Å². The third kappa shape index (κ3) is 7.86. The van der Waals surface area contributed by atoms with E-state index >= 15 is 0 Å². The Bertz CT molecular complexity index is 788. The second-order valence-electron chi connectivity index (χ2n) is 7.66. The molecule has 3 rings (SSSR count). The monoisotopic (exact) mass is 410 g/mol. The molecule has 0 heterocycles. The summed E-state index contributed by atoms with van der Waals surface area (Å²) in [5, 5.41) is 6.20. The summed E-state index contributed by atoms with van der Waals surface area (Å²) in [6, 6.07) is 17.9. The third-order valence-electron chi connectivity index (χ3n) is 5.35. The van der Waals surface area contributed by atoms with Crippen LogP contribution in [-0.4, -0.2) is 17.6 Å². The Hall–Kier alpha value is -2.40. The van der Waals surface area contributed by atoms with Gasteiger partial charge in [0.1, 0.15) is 5.75 Å². The topological polar surface area (TPSA) is 50.4 Å². The van der Waals surface area contributed by atoms with E-state index in [1.807, 2.05) is 42.5 Å². The molecule has 154 valence electrons. The highest BCUT2D eigenvalue weighted by molar-refractivity contribution is 7.80. The van der Waals surface area contributed by atoms with Crippen molar-refractivity contribution in [3.8, 4) is 5.75 Å². The number of carbonyl (C=O) groups is 1. The smallest absolute Gasteiger partial charge is 0.226 e. The molecular weight excluding hydrogens is 380 g/mol. The molecule has 2 aromatic carbocycles. The van der Waals surface area contributed by atoms with E-state index in [9.17, 15) is 4.79 Å². The van der Waals surface area contributed by atoms with E-state index in [-0.39, 0.29) is 5.91 Å². The summed E-state index contributed by atoms with van der Waals surface area (Å²) < 4.78 is 5.85. The summed E-state index contributed by atoms with van der Waals surface area (Å²) in [7, 11) is 0. The van der Waals surface area contributed by atoms with E-state index in [0.717, 1.165) is 24.3 Å². The SMILES string of the molecule is O=C(CCC1CCCCC1)NC(=S)Nc1cccc(OCCc2ccccc2)c1. The molecule has 0 saturated heterocycles. The number of anilines is 1. The molecule has 0 spiro atoms. The lowest BCUT2D eigenvalue weighted by Crippen LogP contribution is -2.34. The summed E-state index contributed by atoms with van der Waals surface area (Å²) in [6.45, 7) is 0.607. The first-order valence-electron chi connectivity index (χ1n) is 10.6. The van der Waals surface area contributed by atoms with Crippen molar-refractivity contribution in [3.05, 3.63) is 60.2 Å². The van der Waals surface area contributed by atoms with Crippen LogP contribution in [0, 0.1) is 5.92 Å². The normalized spacial score (nSPS) is 14.2. The van der Waals surface area contributed by atoms with Gasteiger partial charge in [-0.25, -0.2) is 0 Å². The Balaban J connectivity index is 1.39. The molecule has 0 radical (unpaired) electrons. The van der Waals surface area contributed by atoms with Crippen LogP contribution < -0.4 is 15.4 Å². The van der Waals surface area contributed by atoms with Crippen LogP contribution >= 0.6 is 12.2 Å². The predicted octanol–water partition coefficient (Wildman–Crippen LogP) is 5.48. The van der Waals surface area contributed by atoms with Crippen LogP contribution in [0.25, 0.3) is 0 Å². The Morgan fingerprint density at radius 1 is 1.03 bits per heavy atom. The van der Waals surface area contributed by atoms with Gasteiger partial charge in [0.05, 0.1) is 6.61 Å². The molecule has 1 amide bonds. The molecule has 2 N–H and O–H groups in total. The molecule has 1 fully saturated rings. The molecule has 5 heteroatoms. The Kier molecular flexibility index (Phi) is 8.50. The average Bonchev–Trinajstić information content (AvgIpc) is 2.74. The highest BCUT2D eigenvalue weighted by atomic mass is 32.1. The number of nitrogens with one attached hydrogen (secondary N) is 2. The highest BCUT2D eigenvalue weighted by Crippen LogP contribution is 2.27. The van der Waals surface area contributed by atoms with Gasteiger partial charge in [0.25, 0.3) is 0 Å². The van der Waals surface area contributed by atoms with Gasteiger partial charge in [0.2, 0.25) is 5.91 Å². The summed E-state index contributed by atoms with van der Waals surface area (Å²) in [4.78, 5) is 12.2. The van der Waals surface area contributed by atoms with Gasteiger partial charge in [-0.2, -0.15) is 0 Å². The zero-order chi connectivity index (χ0) is 20.3. The molecule has 0 aliphatic heterocycles. The van der Waals surface area contributed by atoms with E-state index in [1.54, 1.807) is 0 Å². The van der Waals surface area contributed by atoms with Gasteiger partial charge in [0, 0.05) is 24.6 Å². The van der Waals surface area contributed by atoms with Crippen LogP contribution in [0.4, 0.5) is 5.69 Å². The van der Waals surface area contributed by atoms with Gasteiger partial charge < -0.3 is 15.4 Å². The van der Waals surface area contributed by atoms with Gasteiger partial charge >= 0.3 is 0 Å². The zero-order valence-corrected chi connectivity index (χ0v) is 17.7. The van der Waals surface area contributed by atoms with Crippen molar-refractivity contribution in [2.24, 2.45) is 5.92 Å². The molecule has 0 aromatic heterocycles. The molecule has 0 bridgehead atoms. The molecular formula is C24H30N2O2S. The van der Waals surface area contributed by atoms with Gasteiger partial charge in [-0.3, -0.25) is 4.79 Å². The highest BCUT2D eigenvalue weighted by Gasteiger charge is 2.15. The first kappa shape index (κ1) is 21.3. The van der Waals surface area contributed by atoms with Gasteiger partial charge in [-0.05, 0) is 42.3 Å². The van der Waals surface area contributed by atoms with Crippen molar-refractivity contribution in [2.45, 2.75) is 51.4 Å². The van der Waals surface area contributed by atoms with Crippen LogP contribution in [0.1, 0.15) is 50.5 Å². The Labute approximate surface area is 179 Å². The lowest BCUT2D eigenvalue weighted by atomic mass is 9.86. The number of benzene rings is 2. The van der Waals surface area contributed by atoms with Crippen LogP contribution in [0.5, 0.6) is 5.75 Å². The standard InChI is InChI=1S/C24H30N2O2S/c27-23(15-14-19-8-3-1-4-9-19)26-24(29)25-21-12-7-13-22(18-21)28-17-16-20-10-5-2-6-11-20/h2,5-7,10-13,18-19H,1,3-4,8-9,14-17H2,(H2,25,26,27,29). The predicted molar refractivity (Wildman–Crippen MR) is 122 cm³/mol. The van der Waals surface area contributed by atoms with E-state index < -0.39 is 0 Å². The summed E-state index contributed by atoms with van der Waals surface area (Å²) in [6.07, 6.45) is 8.81. The second kappa shape index (κ2) is 11.6. The van der Waals surface area contributed by atoms with Crippen LogP contribution in [0.15, 0.2) is 54.6 Å². The van der Waals surface area contributed by atoms with Crippen molar-refractivity contribution >= 4 is 28.9 Å². The van der Waals surface area contributed by atoms with Crippen LogP contribution in [0.3, 0.4) is 0 Å². The fraction of sp³-hybridized carbons (Fsp3) is 0.417. The van der Waals surface area contributed by atoms with Crippen molar-refractivity contribution in [2.75, 3.05) is 11.9 Å². The molecule has 4 nitrogen and oxygen atoms in total. The number of ether oxygens (including phenoxy) is 1. The molecule has 2 aromatic rings. The van der Waals surface area contributed by atoms with E-state index in [1.165, 1.54) is 37.7 Å². The minimum Gasteiger partial charge on any atom is -0.493 e. The third-order valence-corrected chi connectivity index (χ3v) is 5.56. The first-order valence-corrected chi connectivity index (χ1v) is 11.0. The minimum absolute atomic E-state index is 0.0108. The number of hydrogen-bond acceptors (Lipinski definition) is 3. The van der Waals surface area contributed by atoms with Crippen LogP contribution in [-0.2, 0) is 11.2 Å². The fourth-order valence-corrected chi connectivity index (χ4v) is 3.99. The van der Waals surface area contributed by atoms with Crippen LogP contribution in [0.2, 0.25) is 0 Å². The molecule has 0 unspecified atom stereocenters. The molecule has 1 saturated carbocycles. The second-order valence-corrected chi connectivity index (χ2v) is 8.07. The van der Waals surface area contributed by atoms with Gasteiger partial charge in [-0.15, -0.1) is 0 Å². The number of carbonyl (C=O) groups excluding carboxylic acids is 1. The lowest BCUT2D eigenvalue weighted by Gasteiger charge is -2.21. The van der Waals surface area contributed by atoms with Crippen molar-refractivity contribution in [1.29, 1.82) is 0 Å². The van der Waals surface area contributed by atoms with Crippen molar-refractivity contribution < 1.29 is 9.53 Å². The average molecular weight is 411 g/mol. The molecule has 1 aliphatic rings. The number of hydrogen-bond donors (Lipinski definition) is 2.